The van der Waals surface area contributed by atoms with E-state index in [1.807, 2.05) is 0 Å². The lowest BCUT2D eigenvalue weighted by Gasteiger charge is -2.40. The average Bonchev–Trinajstić information content (AvgIpc) is 2.78. The molecule has 1 fully saturated rings. The predicted molar refractivity (Wildman–Crippen MR) is 89.3 cm³/mol. The molecule has 0 N–H and O–H groups in total. The van der Waals surface area contributed by atoms with Gasteiger partial charge in [0.15, 0.2) is 0 Å². The van der Waals surface area contributed by atoms with Crippen molar-refractivity contribution in [1.82, 2.24) is 5.01 Å². The third-order valence-electron chi connectivity index (χ3n) is 5.93. The Morgan fingerprint density at radius 1 is 1.00 bits per heavy atom. The first-order valence-electron chi connectivity index (χ1n) is 9.13. The predicted octanol–water partition coefficient (Wildman–Crippen LogP) is 5.61. The van der Waals surface area contributed by atoms with Gasteiger partial charge in [-0.2, -0.15) is 5.11 Å². The van der Waals surface area contributed by atoms with Crippen LogP contribution in [0.3, 0.4) is 0 Å². The molecule has 1 heterocycles. The van der Waals surface area contributed by atoms with Crippen molar-refractivity contribution in [3.05, 3.63) is 0 Å². The Morgan fingerprint density at radius 2 is 1.67 bits per heavy atom. The Kier molecular flexibility index (Phi) is 5.67. The number of hydrogen-bond acceptors (Lipinski definition) is 3. The molecule has 0 radical (unpaired) electrons. The molecule has 0 aromatic rings. The molecule has 3 atom stereocenters. The molecule has 0 aromatic heterocycles. The number of nitrogens with zero attached hydrogens (tertiary/aromatic N) is 3. The first-order chi connectivity index (χ1) is 9.94. The van der Waals surface area contributed by atoms with Crippen LogP contribution in [0.15, 0.2) is 10.3 Å². The zero-order valence-electron chi connectivity index (χ0n) is 14.8. The fraction of sp³-hybridized carbons (Fsp3) is 1.00. The van der Waals surface area contributed by atoms with Crippen LogP contribution in [0.25, 0.3) is 0 Å². The van der Waals surface area contributed by atoms with Crippen molar-refractivity contribution < 1.29 is 0 Å². The van der Waals surface area contributed by atoms with Crippen LogP contribution in [0.4, 0.5) is 0 Å². The molecule has 1 aliphatic heterocycles. The third kappa shape index (κ3) is 3.98. The van der Waals surface area contributed by atoms with Crippen LogP contribution < -0.4 is 0 Å². The van der Waals surface area contributed by atoms with E-state index in [9.17, 15) is 0 Å². The summed E-state index contributed by atoms with van der Waals surface area (Å²) in [6.45, 7) is 11.8. The second-order valence-electron chi connectivity index (χ2n) is 8.13. The van der Waals surface area contributed by atoms with Gasteiger partial charge in [0.25, 0.3) is 0 Å². The molecule has 0 spiro atoms. The van der Waals surface area contributed by atoms with E-state index in [4.69, 9.17) is 0 Å². The number of rotatable bonds is 2. The third-order valence-corrected chi connectivity index (χ3v) is 5.93. The highest BCUT2D eigenvalue weighted by molar-refractivity contribution is 4.94. The first-order valence-corrected chi connectivity index (χ1v) is 9.13. The average molecular weight is 293 g/mol. The summed E-state index contributed by atoms with van der Waals surface area (Å²) in [6, 6.07) is 1.42. The van der Waals surface area contributed by atoms with Crippen LogP contribution in [-0.2, 0) is 0 Å². The number of hydrogen-bond donors (Lipinski definition) is 0. The second kappa shape index (κ2) is 7.11. The van der Waals surface area contributed by atoms with Crippen LogP contribution in [0, 0.1) is 11.3 Å². The monoisotopic (exact) mass is 293 g/mol. The van der Waals surface area contributed by atoms with Crippen LogP contribution in [0.5, 0.6) is 0 Å². The van der Waals surface area contributed by atoms with E-state index < -0.39 is 0 Å². The first kappa shape index (κ1) is 16.8. The van der Waals surface area contributed by atoms with Gasteiger partial charge in [0.2, 0.25) is 0 Å². The highest BCUT2D eigenvalue weighted by Crippen LogP contribution is 2.42. The summed E-state index contributed by atoms with van der Waals surface area (Å²) in [4.78, 5) is 0. The molecular formula is C18H35N3. The van der Waals surface area contributed by atoms with Gasteiger partial charge in [-0.3, -0.25) is 5.01 Å². The zero-order valence-corrected chi connectivity index (χ0v) is 14.8. The molecule has 122 valence electrons. The summed E-state index contributed by atoms with van der Waals surface area (Å²) in [7, 11) is 0. The lowest BCUT2D eigenvalue weighted by atomic mass is 9.70. The van der Waals surface area contributed by atoms with Crippen molar-refractivity contribution in [2.45, 2.75) is 104 Å². The second-order valence-corrected chi connectivity index (χ2v) is 8.13. The smallest absolute Gasteiger partial charge is 0.0950 e. The van der Waals surface area contributed by atoms with Crippen LogP contribution in [-0.4, -0.2) is 23.1 Å². The Labute approximate surface area is 131 Å². The lowest BCUT2D eigenvalue weighted by molar-refractivity contribution is 0.0821. The topological polar surface area (TPSA) is 28.0 Å². The van der Waals surface area contributed by atoms with Gasteiger partial charge < -0.3 is 0 Å². The molecule has 0 amide bonds. The van der Waals surface area contributed by atoms with Gasteiger partial charge in [0.05, 0.1) is 12.1 Å². The molecule has 0 bridgehead atoms. The minimum atomic E-state index is 0.426. The maximum atomic E-state index is 4.64. The van der Waals surface area contributed by atoms with E-state index in [1.165, 1.54) is 51.4 Å². The summed E-state index contributed by atoms with van der Waals surface area (Å²) < 4.78 is 0. The van der Waals surface area contributed by atoms with Crippen LogP contribution in [0.2, 0.25) is 0 Å². The summed E-state index contributed by atoms with van der Waals surface area (Å²) in [5, 5.41) is 11.5. The fourth-order valence-corrected chi connectivity index (χ4v) is 3.93. The highest BCUT2D eigenvalue weighted by Gasteiger charge is 2.40. The van der Waals surface area contributed by atoms with Crippen molar-refractivity contribution in [3.63, 3.8) is 0 Å². The van der Waals surface area contributed by atoms with Gasteiger partial charge in [-0.05, 0) is 44.4 Å². The van der Waals surface area contributed by atoms with E-state index in [2.05, 4.69) is 50.0 Å². The maximum Gasteiger partial charge on any atom is 0.0950 e. The largest absolute Gasteiger partial charge is 0.271 e. The SMILES string of the molecule is CC(C)N1N=NC2CCCCCCCC(C)(C(C)C)CC21. The lowest BCUT2D eigenvalue weighted by Crippen LogP contribution is -2.43. The molecule has 0 aromatic carbocycles. The van der Waals surface area contributed by atoms with E-state index in [-0.39, 0.29) is 0 Å². The van der Waals surface area contributed by atoms with Crippen molar-refractivity contribution in [2.75, 3.05) is 0 Å². The molecular weight excluding hydrogens is 258 g/mol. The van der Waals surface area contributed by atoms with E-state index in [0.717, 1.165) is 5.92 Å². The number of fused-ring (bicyclic) bond motifs is 1. The molecule has 2 aliphatic rings. The van der Waals surface area contributed by atoms with Crippen molar-refractivity contribution in [3.8, 4) is 0 Å². The Bertz CT molecular complexity index is 350. The van der Waals surface area contributed by atoms with Gasteiger partial charge in [-0.1, -0.05) is 58.1 Å². The van der Waals surface area contributed by atoms with Gasteiger partial charge in [-0.25, -0.2) is 0 Å². The van der Waals surface area contributed by atoms with Crippen LogP contribution in [0.1, 0.15) is 86.0 Å². The maximum absolute atomic E-state index is 4.64. The highest BCUT2D eigenvalue weighted by atomic mass is 15.6. The van der Waals surface area contributed by atoms with E-state index in [0.29, 0.717) is 23.5 Å². The normalized spacial score (nSPS) is 35.1. The standard InChI is InChI=1S/C18H35N3/c1-14(2)18(5)12-10-8-6-7-9-11-16-17(13-18)21(15(3)4)20-19-16/h14-17H,6-13H2,1-5H3. The van der Waals surface area contributed by atoms with E-state index in [1.54, 1.807) is 0 Å². The zero-order chi connectivity index (χ0) is 15.5. The van der Waals surface area contributed by atoms with Crippen LogP contribution >= 0.6 is 0 Å². The van der Waals surface area contributed by atoms with Crippen molar-refractivity contribution >= 4 is 0 Å². The van der Waals surface area contributed by atoms with E-state index >= 15 is 0 Å². The van der Waals surface area contributed by atoms with Gasteiger partial charge in [0, 0.05) is 6.04 Å². The Morgan fingerprint density at radius 3 is 2.33 bits per heavy atom. The Hall–Kier alpha value is -0.600. The summed E-state index contributed by atoms with van der Waals surface area (Å²) in [6.07, 6.45) is 10.7. The van der Waals surface area contributed by atoms with Crippen molar-refractivity contribution in [2.24, 2.45) is 21.7 Å². The molecule has 0 saturated heterocycles. The van der Waals surface area contributed by atoms with Gasteiger partial charge in [-0.15, -0.1) is 0 Å². The molecule has 2 rings (SSSR count). The fourth-order valence-electron chi connectivity index (χ4n) is 3.93. The molecule has 3 nitrogen and oxygen atoms in total. The molecule has 1 aliphatic carbocycles. The minimum Gasteiger partial charge on any atom is -0.271 e. The van der Waals surface area contributed by atoms with Gasteiger partial charge in [0.1, 0.15) is 0 Å². The molecule has 21 heavy (non-hydrogen) atoms. The minimum absolute atomic E-state index is 0.426. The van der Waals surface area contributed by atoms with Crippen molar-refractivity contribution in [1.29, 1.82) is 0 Å². The quantitative estimate of drug-likeness (QED) is 0.650. The Balaban J connectivity index is 2.19. The molecule has 3 unspecified atom stereocenters. The summed E-state index contributed by atoms with van der Waals surface area (Å²) >= 11 is 0. The molecule has 1 saturated carbocycles. The summed E-state index contributed by atoms with van der Waals surface area (Å²) in [5.74, 6) is 0.730. The van der Waals surface area contributed by atoms with Gasteiger partial charge >= 0.3 is 0 Å². The molecule has 3 heteroatoms. The summed E-state index contributed by atoms with van der Waals surface area (Å²) in [5.41, 5.74) is 0.426.